The van der Waals surface area contributed by atoms with Gasteiger partial charge in [-0.1, -0.05) is 57.6 Å². The summed E-state index contributed by atoms with van der Waals surface area (Å²) in [5, 5.41) is 8.83. The lowest BCUT2D eigenvalue weighted by Gasteiger charge is -2.46. The Morgan fingerprint density at radius 3 is 1.82 bits per heavy atom. The molecule has 4 unspecified atom stereocenters. The lowest BCUT2D eigenvalue weighted by molar-refractivity contribution is 0.0269. The fraction of sp³-hybridized carbons (Fsp3) is 0.938. The Morgan fingerprint density at radius 1 is 0.618 bits per heavy atom. The van der Waals surface area contributed by atoms with Gasteiger partial charge in [-0.25, -0.2) is 0 Å². The number of rotatable bonds is 11. The molecule has 4 fully saturated rings. The second-order valence-corrected chi connectivity index (χ2v) is 12.9. The predicted molar refractivity (Wildman–Crippen MR) is 144 cm³/mol. The molecule has 4 aliphatic rings. The molecule has 0 aromatic carbocycles. The molecule has 0 aromatic heterocycles. The zero-order valence-corrected chi connectivity index (χ0v) is 22.5. The molecule has 4 rings (SSSR count). The summed E-state index contributed by atoms with van der Waals surface area (Å²) in [6.45, 7) is 4.05. The molecule has 2 nitrogen and oxygen atoms in total. The topological polar surface area (TPSA) is 29.5 Å². The fourth-order valence-electron chi connectivity index (χ4n) is 8.77. The maximum atomic E-state index is 8.83. The highest BCUT2D eigenvalue weighted by Crippen LogP contribution is 2.50. The fourth-order valence-corrected chi connectivity index (χ4v) is 8.77. The molecular weight excluding hydrogens is 416 g/mol. The number of hydrogen-bond donors (Lipinski definition) is 1. The van der Waals surface area contributed by atoms with E-state index in [1.54, 1.807) is 63.9 Å². The van der Waals surface area contributed by atoms with Gasteiger partial charge in [0.2, 0.25) is 0 Å². The van der Waals surface area contributed by atoms with Gasteiger partial charge in [-0.05, 0) is 124 Å². The van der Waals surface area contributed by atoms with Crippen LogP contribution < -0.4 is 0 Å². The van der Waals surface area contributed by atoms with Crippen molar-refractivity contribution >= 4 is 0 Å². The maximum absolute atomic E-state index is 8.83. The van der Waals surface area contributed by atoms with Crippen LogP contribution >= 0.6 is 0 Å². The van der Waals surface area contributed by atoms with Crippen molar-refractivity contribution in [1.82, 2.24) is 0 Å². The average Bonchev–Trinajstić information content (AvgIpc) is 2.89. The quantitative estimate of drug-likeness (QED) is 0.241. The minimum atomic E-state index is 0.125. The van der Waals surface area contributed by atoms with Crippen molar-refractivity contribution in [2.75, 3.05) is 19.8 Å². The number of aliphatic hydroxyl groups excluding tert-OH is 1. The first-order valence-corrected chi connectivity index (χ1v) is 15.6. The third-order valence-corrected chi connectivity index (χ3v) is 10.9. The summed E-state index contributed by atoms with van der Waals surface area (Å²) in [7, 11) is 0. The maximum Gasteiger partial charge on any atom is 0.0648 e. The summed E-state index contributed by atoms with van der Waals surface area (Å²) in [6, 6.07) is 0. The van der Waals surface area contributed by atoms with Crippen molar-refractivity contribution in [3.8, 4) is 0 Å². The standard InChI is InChI=1S/C32H56O2/c1-2-3-4-7-25-8-11-27(12-9-25)28-14-16-29(17-15-28)31-19-18-30-22-26(10-13-32(30)23-31)24-34-21-6-5-20-33/h5-6,25-33H,2-4,7-24H2,1H3/b6-5-. The van der Waals surface area contributed by atoms with Crippen LogP contribution in [0.5, 0.6) is 0 Å². The van der Waals surface area contributed by atoms with Gasteiger partial charge in [0.1, 0.15) is 0 Å². The lowest BCUT2D eigenvalue weighted by Crippen LogP contribution is -2.36. The van der Waals surface area contributed by atoms with Crippen molar-refractivity contribution in [3.63, 3.8) is 0 Å². The van der Waals surface area contributed by atoms with Crippen LogP contribution in [0.25, 0.3) is 0 Å². The van der Waals surface area contributed by atoms with Crippen molar-refractivity contribution in [1.29, 1.82) is 0 Å². The van der Waals surface area contributed by atoms with E-state index in [1.165, 1.54) is 57.8 Å². The van der Waals surface area contributed by atoms with Gasteiger partial charge >= 0.3 is 0 Å². The second-order valence-electron chi connectivity index (χ2n) is 12.9. The smallest absolute Gasteiger partial charge is 0.0648 e. The molecule has 196 valence electrons. The van der Waals surface area contributed by atoms with Crippen molar-refractivity contribution in [2.45, 2.75) is 122 Å². The number of aliphatic hydroxyl groups is 1. The lowest BCUT2D eigenvalue weighted by atomic mass is 9.60. The number of ether oxygens (including phenoxy) is 1. The van der Waals surface area contributed by atoms with Crippen molar-refractivity contribution in [3.05, 3.63) is 12.2 Å². The average molecular weight is 473 g/mol. The van der Waals surface area contributed by atoms with Gasteiger partial charge in [0.15, 0.2) is 0 Å². The van der Waals surface area contributed by atoms with Crippen LogP contribution in [0.4, 0.5) is 0 Å². The number of unbranched alkanes of at least 4 members (excludes halogenated alkanes) is 2. The molecular formula is C32H56O2. The van der Waals surface area contributed by atoms with Crippen molar-refractivity contribution < 1.29 is 9.84 Å². The summed E-state index contributed by atoms with van der Waals surface area (Å²) in [5.74, 6) is 8.11. The Hall–Kier alpha value is -0.340. The normalized spacial score (nSPS) is 39.2. The van der Waals surface area contributed by atoms with Gasteiger partial charge in [0.05, 0.1) is 13.2 Å². The largest absolute Gasteiger partial charge is 0.392 e. The molecule has 0 saturated heterocycles. The molecule has 4 atom stereocenters. The third kappa shape index (κ3) is 7.83. The van der Waals surface area contributed by atoms with E-state index in [2.05, 4.69) is 6.92 Å². The van der Waals surface area contributed by atoms with Crippen LogP contribution in [0.15, 0.2) is 12.2 Å². The molecule has 0 heterocycles. The highest BCUT2D eigenvalue weighted by Gasteiger charge is 2.39. The van der Waals surface area contributed by atoms with Crippen LogP contribution in [0, 0.1) is 47.3 Å². The molecule has 0 amide bonds. The van der Waals surface area contributed by atoms with Crippen molar-refractivity contribution in [2.24, 2.45) is 47.3 Å². The van der Waals surface area contributed by atoms with E-state index < -0.39 is 0 Å². The van der Waals surface area contributed by atoms with Crippen LogP contribution in [0.2, 0.25) is 0 Å². The number of fused-ring (bicyclic) bond motifs is 1. The van der Waals surface area contributed by atoms with E-state index in [4.69, 9.17) is 9.84 Å². The minimum absolute atomic E-state index is 0.125. The Kier molecular flexibility index (Phi) is 11.3. The molecule has 4 saturated carbocycles. The Morgan fingerprint density at radius 2 is 1.15 bits per heavy atom. The minimum Gasteiger partial charge on any atom is -0.392 e. The summed E-state index contributed by atoms with van der Waals surface area (Å²) >= 11 is 0. The summed E-state index contributed by atoms with van der Waals surface area (Å²) in [5.41, 5.74) is 0. The van der Waals surface area contributed by atoms with Crippen LogP contribution in [-0.2, 0) is 4.74 Å². The van der Waals surface area contributed by atoms with E-state index in [-0.39, 0.29) is 6.61 Å². The van der Waals surface area contributed by atoms with E-state index in [9.17, 15) is 0 Å². The van der Waals surface area contributed by atoms with Gasteiger partial charge < -0.3 is 9.84 Å². The van der Waals surface area contributed by atoms with E-state index >= 15 is 0 Å². The van der Waals surface area contributed by atoms with Gasteiger partial charge in [-0.3, -0.25) is 0 Å². The number of hydrogen-bond acceptors (Lipinski definition) is 2. The molecule has 0 aromatic rings. The molecule has 34 heavy (non-hydrogen) atoms. The second kappa shape index (κ2) is 14.4. The highest BCUT2D eigenvalue weighted by molar-refractivity contribution is 4.91. The van der Waals surface area contributed by atoms with Crippen LogP contribution in [0.1, 0.15) is 122 Å². The van der Waals surface area contributed by atoms with Gasteiger partial charge in [-0.2, -0.15) is 0 Å². The summed E-state index contributed by atoms with van der Waals surface area (Å²) in [6.07, 6.45) is 30.8. The van der Waals surface area contributed by atoms with Gasteiger partial charge in [0.25, 0.3) is 0 Å². The molecule has 4 aliphatic carbocycles. The third-order valence-electron chi connectivity index (χ3n) is 10.9. The van der Waals surface area contributed by atoms with Crippen LogP contribution in [0.3, 0.4) is 0 Å². The molecule has 0 aliphatic heterocycles. The molecule has 0 spiro atoms. The van der Waals surface area contributed by atoms with Gasteiger partial charge in [-0.15, -0.1) is 0 Å². The first kappa shape index (κ1) is 26.7. The van der Waals surface area contributed by atoms with E-state index in [0.717, 1.165) is 54.0 Å². The Balaban J connectivity index is 1.11. The summed E-state index contributed by atoms with van der Waals surface area (Å²) in [4.78, 5) is 0. The predicted octanol–water partition coefficient (Wildman–Crippen LogP) is 8.58. The SMILES string of the molecule is CCCCCC1CCC(C2CCC(C3CCC4CC(COC/C=C\CO)CCC4C3)CC2)CC1. The first-order valence-electron chi connectivity index (χ1n) is 15.6. The zero-order valence-electron chi connectivity index (χ0n) is 22.5. The molecule has 0 radical (unpaired) electrons. The monoisotopic (exact) mass is 472 g/mol. The van der Waals surface area contributed by atoms with E-state index in [1.807, 2.05) is 6.08 Å². The Labute approximate surface area is 211 Å². The molecule has 0 bridgehead atoms. The highest BCUT2D eigenvalue weighted by atomic mass is 16.5. The van der Waals surface area contributed by atoms with Crippen LogP contribution in [-0.4, -0.2) is 24.9 Å². The van der Waals surface area contributed by atoms with Gasteiger partial charge in [0, 0.05) is 6.61 Å². The summed E-state index contributed by atoms with van der Waals surface area (Å²) < 4.78 is 5.86. The van der Waals surface area contributed by atoms with E-state index in [0.29, 0.717) is 6.61 Å². The first-order chi connectivity index (χ1) is 16.8. The zero-order chi connectivity index (χ0) is 23.6. The Bertz CT molecular complexity index is 570. The molecule has 1 N–H and O–H groups in total. The molecule has 2 heteroatoms.